The third-order valence-corrected chi connectivity index (χ3v) is 6.42. The van der Waals surface area contributed by atoms with Gasteiger partial charge in [0.1, 0.15) is 18.1 Å². The molecule has 1 aliphatic rings. The molecule has 4 rings (SSSR count). The lowest BCUT2D eigenvalue weighted by molar-refractivity contribution is -0.121. The summed E-state index contributed by atoms with van der Waals surface area (Å²) in [4.78, 5) is 33.7. The molecule has 0 spiro atoms. The highest BCUT2D eigenvalue weighted by molar-refractivity contribution is 8.02. The fourth-order valence-electron chi connectivity index (χ4n) is 3.26. The Hall–Kier alpha value is -3.74. The third kappa shape index (κ3) is 6.68. The lowest BCUT2D eigenvalue weighted by atomic mass is 10.3. The van der Waals surface area contributed by atoms with Gasteiger partial charge in [-0.05, 0) is 48.7 Å². The molecule has 3 aromatic rings. The van der Waals surface area contributed by atoms with E-state index in [9.17, 15) is 9.59 Å². The summed E-state index contributed by atoms with van der Waals surface area (Å²) in [5.41, 5.74) is 3.00. The maximum Gasteiger partial charge on any atom is 0.321 e. The molecule has 0 saturated carbocycles. The second-order valence-corrected chi connectivity index (χ2v) is 8.90. The van der Waals surface area contributed by atoms with Gasteiger partial charge in [0.2, 0.25) is 5.95 Å². The number of methoxy groups -OCH3 is 1. The van der Waals surface area contributed by atoms with Crippen molar-refractivity contribution in [2.24, 2.45) is 0 Å². The van der Waals surface area contributed by atoms with Crippen LogP contribution in [0.3, 0.4) is 0 Å². The molecular weight excluding hydrogens is 484 g/mol. The number of amides is 3. The largest absolute Gasteiger partial charge is 0.457 e. The number of nitrogens with zero attached hydrogens (tertiary/aromatic N) is 2. The first-order valence-electron chi connectivity index (χ1n) is 11.2. The van der Waals surface area contributed by atoms with E-state index in [1.807, 2.05) is 24.3 Å². The van der Waals surface area contributed by atoms with Crippen LogP contribution in [-0.2, 0) is 14.3 Å². The molecule has 4 N–H and O–H groups in total. The molecule has 11 nitrogen and oxygen atoms in total. The molecule has 0 aliphatic carbocycles. The van der Waals surface area contributed by atoms with E-state index < -0.39 is 0 Å². The zero-order valence-electron chi connectivity index (χ0n) is 20.2. The number of fused-ring (bicyclic) bond motifs is 1. The highest BCUT2D eigenvalue weighted by Gasteiger charge is 2.22. The van der Waals surface area contributed by atoms with Crippen LogP contribution in [0.4, 0.5) is 16.4 Å². The van der Waals surface area contributed by atoms with Gasteiger partial charge in [0.15, 0.2) is 5.50 Å². The Morgan fingerprint density at radius 3 is 2.61 bits per heavy atom. The van der Waals surface area contributed by atoms with Crippen molar-refractivity contribution >= 4 is 46.4 Å². The molecule has 1 aliphatic heterocycles. The fourth-order valence-corrected chi connectivity index (χ4v) is 4.28. The van der Waals surface area contributed by atoms with Gasteiger partial charge in [0, 0.05) is 31.6 Å². The summed E-state index contributed by atoms with van der Waals surface area (Å²) in [6.07, 6.45) is 0. The number of carbonyl (C=O) groups is 2. The molecule has 36 heavy (non-hydrogen) atoms. The topological polar surface area (TPSA) is 130 Å². The number of hydrogen-bond acceptors (Lipinski definition) is 8. The minimum Gasteiger partial charge on any atom is -0.457 e. The van der Waals surface area contributed by atoms with Crippen LogP contribution in [0.2, 0.25) is 0 Å². The van der Waals surface area contributed by atoms with Crippen LogP contribution in [0.25, 0.3) is 11.0 Å². The van der Waals surface area contributed by atoms with Gasteiger partial charge in [0.05, 0.1) is 24.2 Å². The summed E-state index contributed by atoms with van der Waals surface area (Å²) < 4.78 is 16.0. The number of imidazole rings is 1. The van der Waals surface area contributed by atoms with E-state index in [1.54, 1.807) is 61.3 Å². The Labute approximate surface area is 212 Å². The number of urea groups is 1. The van der Waals surface area contributed by atoms with Gasteiger partial charge in [-0.3, -0.25) is 10.1 Å². The van der Waals surface area contributed by atoms with Crippen LogP contribution in [0, 0.1) is 0 Å². The Balaban J connectivity index is 1.29. The average Bonchev–Trinajstić information content (AvgIpc) is 3.40. The van der Waals surface area contributed by atoms with E-state index >= 15 is 0 Å². The molecule has 1 atom stereocenters. The van der Waals surface area contributed by atoms with Gasteiger partial charge in [-0.25, -0.2) is 9.78 Å². The second kappa shape index (κ2) is 11.8. The third-order valence-electron chi connectivity index (χ3n) is 5.25. The van der Waals surface area contributed by atoms with Crippen LogP contribution < -0.4 is 20.7 Å². The first-order chi connectivity index (χ1) is 17.4. The number of hydrogen-bond donors (Lipinski definition) is 4. The minimum atomic E-state index is -0.315. The fraction of sp³-hybridized carbons (Fsp3) is 0.292. The molecular formula is C24H28N6O5S. The highest BCUT2D eigenvalue weighted by atomic mass is 32.2. The summed E-state index contributed by atoms with van der Waals surface area (Å²) in [7, 11) is 3.50. The number of aromatic amines is 1. The molecule has 3 amide bonds. The van der Waals surface area contributed by atoms with Crippen LogP contribution in [0.15, 0.2) is 53.6 Å². The molecule has 1 unspecified atom stereocenters. The van der Waals surface area contributed by atoms with Gasteiger partial charge >= 0.3 is 6.03 Å². The molecule has 0 radical (unpaired) electrons. The average molecular weight is 513 g/mol. The number of benzene rings is 2. The first-order valence-corrected chi connectivity index (χ1v) is 12.1. The van der Waals surface area contributed by atoms with E-state index in [2.05, 4.69) is 25.9 Å². The number of allylic oxidation sites excluding steroid dienone is 1. The van der Waals surface area contributed by atoms with Crippen molar-refractivity contribution in [3.8, 4) is 11.5 Å². The number of thioether (sulfide) groups is 1. The van der Waals surface area contributed by atoms with Gasteiger partial charge in [-0.2, -0.15) is 0 Å². The summed E-state index contributed by atoms with van der Waals surface area (Å²) in [5.74, 6) is 1.20. The standard InChI is InChI=1S/C24H28N6O5S/c1-15-14-36-24(30(15)2)29-23(32)25-16-4-6-17(7-5-16)35-18-8-9-19-20(12-18)27-22(26-19)28-21(31)13-34-11-10-33-3/h4-9,12,14,24H,10-11,13H2,1-3H3,(H2,25,29,32)(H2,26,27,28,31). The Bertz CT molecular complexity index is 1250. The van der Waals surface area contributed by atoms with Crippen molar-refractivity contribution in [2.45, 2.75) is 12.4 Å². The van der Waals surface area contributed by atoms with Gasteiger partial charge in [0.25, 0.3) is 5.91 Å². The van der Waals surface area contributed by atoms with E-state index in [1.165, 1.54) is 0 Å². The Morgan fingerprint density at radius 1 is 1.11 bits per heavy atom. The summed E-state index contributed by atoms with van der Waals surface area (Å²) in [6, 6.07) is 12.1. The molecule has 190 valence electrons. The highest BCUT2D eigenvalue weighted by Crippen LogP contribution is 2.28. The van der Waals surface area contributed by atoms with Crippen molar-refractivity contribution in [1.29, 1.82) is 0 Å². The maximum atomic E-state index is 12.3. The van der Waals surface area contributed by atoms with Crippen LogP contribution in [-0.4, -0.2) is 66.3 Å². The molecule has 12 heteroatoms. The zero-order valence-corrected chi connectivity index (χ0v) is 21.0. The lowest BCUT2D eigenvalue weighted by Gasteiger charge is -2.23. The zero-order chi connectivity index (χ0) is 25.5. The van der Waals surface area contributed by atoms with Crippen molar-refractivity contribution in [3.05, 3.63) is 53.6 Å². The first kappa shape index (κ1) is 25.4. The summed E-state index contributed by atoms with van der Waals surface area (Å²) in [6.45, 7) is 2.66. The van der Waals surface area contributed by atoms with Gasteiger partial charge < -0.3 is 34.7 Å². The Morgan fingerprint density at radius 2 is 1.89 bits per heavy atom. The van der Waals surface area contributed by atoms with Crippen LogP contribution in [0.1, 0.15) is 6.92 Å². The van der Waals surface area contributed by atoms with Gasteiger partial charge in [-0.1, -0.05) is 11.8 Å². The normalized spacial score (nSPS) is 15.0. The number of rotatable bonds is 10. The lowest BCUT2D eigenvalue weighted by Crippen LogP contribution is -2.42. The predicted molar refractivity (Wildman–Crippen MR) is 139 cm³/mol. The van der Waals surface area contributed by atoms with Crippen molar-refractivity contribution in [3.63, 3.8) is 0 Å². The number of H-pyrrole nitrogens is 1. The van der Waals surface area contributed by atoms with Crippen LogP contribution >= 0.6 is 11.8 Å². The van der Waals surface area contributed by atoms with E-state index in [-0.39, 0.29) is 24.0 Å². The molecule has 0 bridgehead atoms. The number of carbonyl (C=O) groups excluding carboxylic acids is 2. The quantitative estimate of drug-likeness (QED) is 0.301. The Kier molecular flexibility index (Phi) is 8.31. The molecule has 2 heterocycles. The van der Waals surface area contributed by atoms with Crippen molar-refractivity contribution in [2.75, 3.05) is 44.6 Å². The molecule has 0 saturated heterocycles. The van der Waals surface area contributed by atoms with Gasteiger partial charge in [-0.15, -0.1) is 0 Å². The molecule has 1 aromatic heterocycles. The number of anilines is 2. The second-order valence-electron chi connectivity index (χ2n) is 7.94. The smallest absolute Gasteiger partial charge is 0.321 e. The maximum absolute atomic E-state index is 12.3. The van der Waals surface area contributed by atoms with Crippen molar-refractivity contribution in [1.82, 2.24) is 20.2 Å². The number of nitrogens with one attached hydrogen (secondary N) is 4. The molecule has 0 fully saturated rings. The van der Waals surface area contributed by atoms with E-state index in [0.29, 0.717) is 47.4 Å². The van der Waals surface area contributed by atoms with E-state index in [4.69, 9.17) is 14.2 Å². The minimum absolute atomic E-state index is 0.0885. The predicted octanol–water partition coefficient (Wildman–Crippen LogP) is 3.90. The number of aromatic nitrogens is 2. The SMILES string of the molecule is COCCOCC(=O)Nc1nc2ccc(Oc3ccc(NC(=O)NC4SC=C(C)N4C)cc3)cc2[nH]1. The molecule has 2 aromatic carbocycles. The summed E-state index contributed by atoms with van der Waals surface area (Å²) in [5, 5.41) is 10.4. The van der Waals surface area contributed by atoms with E-state index in [0.717, 1.165) is 5.70 Å². The number of ether oxygens (including phenoxy) is 3. The van der Waals surface area contributed by atoms with Crippen LogP contribution in [0.5, 0.6) is 11.5 Å². The summed E-state index contributed by atoms with van der Waals surface area (Å²) >= 11 is 1.55. The monoisotopic (exact) mass is 512 g/mol. The van der Waals surface area contributed by atoms with Crippen molar-refractivity contribution < 1.29 is 23.8 Å².